The summed E-state index contributed by atoms with van der Waals surface area (Å²) < 4.78 is 0. The van der Waals surface area contributed by atoms with Gasteiger partial charge in [0.05, 0.1) is 56.3 Å². The second-order valence-electron chi connectivity index (χ2n) is 4.28. The molecule has 0 rings (SSSR count). The summed E-state index contributed by atoms with van der Waals surface area (Å²) in [5.74, 6) is 0.750. The third kappa shape index (κ3) is 51.7. The molecule has 0 bridgehead atoms. The summed E-state index contributed by atoms with van der Waals surface area (Å²) in [4.78, 5) is 25.2. The van der Waals surface area contributed by atoms with Crippen LogP contribution in [0.3, 0.4) is 0 Å². The molecule has 0 saturated carbocycles. The van der Waals surface area contributed by atoms with Gasteiger partial charge >= 0.3 is 37.1 Å². The fourth-order valence-corrected chi connectivity index (χ4v) is 0.907. The Balaban J connectivity index is -0.000000108. The molecular formula is C15H27GaO6+6. The van der Waals surface area contributed by atoms with Gasteiger partial charge in [0.1, 0.15) is 0 Å². The molecule has 0 spiro atoms. The SMILES string of the molecule is CC(=[OH+])/C=C(/C)O.CC(=[OH+])/C=C(/C)O.CC(=[OH+])/C=C(/C)O.[Ga+3]. The van der Waals surface area contributed by atoms with Crippen LogP contribution in [0.4, 0.5) is 0 Å². The van der Waals surface area contributed by atoms with E-state index < -0.39 is 0 Å². The van der Waals surface area contributed by atoms with Crippen molar-refractivity contribution < 1.29 is 29.7 Å². The van der Waals surface area contributed by atoms with Crippen molar-refractivity contribution in [2.75, 3.05) is 0 Å². The van der Waals surface area contributed by atoms with Crippen molar-refractivity contribution in [2.45, 2.75) is 41.5 Å². The minimum Gasteiger partial charge on any atom is -0.512 e. The first-order valence-corrected chi connectivity index (χ1v) is 6.07. The molecule has 0 aliphatic rings. The van der Waals surface area contributed by atoms with Crippen molar-refractivity contribution in [3.8, 4) is 0 Å². The molecule has 6 nitrogen and oxygen atoms in total. The Hall–Kier alpha value is -1.73. The van der Waals surface area contributed by atoms with Crippen LogP contribution in [-0.4, -0.2) is 66.8 Å². The van der Waals surface area contributed by atoms with Gasteiger partial charge in [-0.1, -0.05) is 0 Å². The van der Waals surface area contributed by atoms with E-state index in [0.717, 1.165) is 0 Å². The van der Waals surface area contributed by atoms with Crippen LogP contribution in [0.15, 0.2) is 35.5 Å². The van der Waals surface area contributed by atoms with Gasteiger partial charge in [-0.2, -0.15) is 0 Å². The van der Waals surface area contributed by atoms with E-state index in [2.05, 4.69) is 0 Å². The van der Waals surface area contributed by atoms with E-state index in [1.54, 1.807) is 0 Å². The monoisotopic (exact) mass is 372 g/mol. The number of ketones is 3. The summed E-state index contributed by atoms with van der Waals surface area (Å²) in [6.07, 6.45) is 3.83. The van der Waals surface area contributed by atoms with Gasteiger partial charge < -0.3 is 15.3 Å². The van der Waals surface area contributed by atoms with Crippen molar-refractivity contribution in [3.63, 3.8) is 0 Å². The summed E-state index contributed by atoms with van der Waals surface area (Å²) in [7, 11) is 0. The average molecular weight is 373 g/mol. The zero-order valence-corrected chi connectivity index (χ0v) is 16.4. The maximum Gasteiger partial charge on any atom is 3.00 e. The molecule has 22 heavy (non-hydrogen) atoms. The van der Waals surface area contributed by atoms with Gasteiger partial charge in [0, 0.05) is 0 Å². The summed E-state index contributed by atoms with van der Waals surface area (Å²) in [5.41, 5.74) is 0. The van der Waals surface area contributed by atoms with Gasteiger partial charge in [0.2, 0.25) is 0 Å². The van der Waals surface area contributed by atoms with Gasteiger partial charge in [0.25, 0.3) is 0 Å². The number of aliphatic hydroxyl groups excluding tert-OH is 3. The Bertz CT molecular complexity index is 368. The molecule has 0 atom stereocenters. The average Bonchev–Trinajstić information content (AvgIpc) is 2.10. The van der Waals surface area contributed by atoms with Crippen LogP contribution in [0.1, 0.15) is 41.5 Å². The van der Waals surface area contributed by atoms with Gasteiger partial charge in [-0.3, -0.25) is 14.4 Å². The molecule has 0 amide bonds. The van der Waals surface area contributed by atoms with Crippen LogP contribution >= 0.6 is 0 Å². The predicted octanol–water partition coefficient (Wildman–Crippen LogP) is 2.66. The van der Waals surface area contributed by atoms with Crippen molar-refractivity contribution >= 4 is 37.1 Å². The molecule has 0 aliphatic carbocycles. The van der Waals surface area contributed by atoms with Crippen LogP contribution in [0.5, 0.6) is 0 Å². The zero-order valence-electron chi connectivity index (χ0n) is 14.0. The second kappa shape index (κ2) is 17.3. The quantitative estimate of drug-likeness (QED) is 0.305. The first-order valence-electron chi connectivity index (χ1n) is 6.07. The largest absolute Gasteiger partial charge is 3.00 e. The summed E-state index contributed by atoms with van der Waals surface area (Å²) in [6, 6.07) is 0. The normalized spacial score (nSPS) is 10.9. The van der Waals surface area contributed by atoms with Crippen molar-refractivity contribution in [3.05, 3.63) is 35.5 Å². The number of carbonyl (C=O) groups excluding carboxylic acids is 3. The summed E-state index contributed by atoms with van der Waals surface area (Å²) >= 11 is 0. The molecule has 120 valence electrons. The standard InChI is InChI=1S/3C5H8O2.Ga/c3*1-4(6)3-5(2)7;/h3*3,6H,1-2H3;/q;;;+3/p+3/b3*4-3-;. The number of aliphatic hydroxyl groups is 3. The van der Waals surface area contributed by atoms with E-state index >= 15 is 0 Å². The Labute approximate surface area is 144 Å². The summed E-state index contributed by atoms with van der Waals surface area (Å²) in [5, 5.41) is 25.2. The molecule has 0 aliphatic heterocycles. The fourth-order valence-electron chi connectivity index (χ4n) is 0.907. The molecule has 0 heterocycles. The van der Waals surface area contributed by atoms with Crippen LogP contribution < -0.4 is 0 Å². The van der Waals surface area contributed by atoms with Gasteiger partial charge in [-0.25, -0.2) is 0 Å². The number of hydrogen-bond acceptors (Lipinski definition) is 3. The van der Waals surface area contributed by atoms with Gasteiger partial charge in [-0.15, -0.1) is 0 Å². The minimum atomic E-state index is 0. The van der Waals surface area contributed by atoms with Crippen LogP contribution in [0.25, 0.3) is 0 Å². The molecular weight excluding hydrogens is 346 g/mol. The van der Waals surface area contributed by atoms with E-state index in [1.165, 1.54) is 59.8 Å². The molecule has 0 fully saturated rings. The Kier molecular flexibility index (Phi) is 22.4. The Morgan fingerprint density at radius 3 is 0.682 bits per heavy atom. The predicted molar refractivity (Wildman–Crippen MR) is 92.8 cm³/mol. The number of rotatable bonds is 3. The number of allylic oxidation sites excluding steroid dienone is 6. The van der Waals surface area contributed by atoms with E-state index in [-0.39, 0.29) is 54.4 Å². The van der Waals surface area contributed by atoms with Crippen molar-refractivity contribution in [2.24, 2.45) is 0 Å². The van der Waals surface area contributed by atoms with Crippen molar-refractivity contribution in [1.82, 2.24) is 0 Å². The Morgan fingerprint density at radius 2 is 0.682 bits per heavy atom. The maximum atomic E-state index is 8.40. The maximum absolute atomic E-state index is 8.40. The number of hydrogen-bond donors (Lipinski definition) is 3. The molecule has 0 aromatic carbocycles. The third-order valence-electron chi connectivity index (χ3n) is 1.25. The topological polar surface area (TPSA) is 125 Å². The fraction of sp³-hybridized carbons (Fsp3) is 0.400. The molecule has 0 unspecified atom stereocenters. The van der Waals surface area contributed by atoms with Crippen molar-refractivity contribution in [1.29, 1.82) is 0 Å². The van der Waals surface area contributed by atoms with E-state index in [0.29, 0.717) is 0 Å². The third-order valence-corrected chi connectivity index (χ3v) is 1.25. The van der Waals surface area contributed by atoms with E-state index in [9.17, 15) is 0 Å². The molecule has 0 aromatic rings. The van der Waals surface area contributed by atoms with Gasteiger partial charge in [-0.05, 0) is 20.8 Å². The van der Waals surface area contributed by atoms with Gasteiger partial charge in [0.15, 0.2) is 0 Å². The molecule has 7 heteroatoms. The molecule has 0 saturated heterocycles. The van der Waals surface area contributed by atoms with Crippen LogP contribution in [-0.2, 0) is 0 Å². The van der Waals surface area contributed by atoms with E-state index in [4.69, 9.17) is 29.7 Å². The molecule has 0 radical (unpaired) electrons. The molecule has 0 aromatic heterocycles. The van der Waals surface area contributed by atoms with E-state index in [1.807, 2.05) is 0 Å². The Morgan fingerprint density at radius 1 is 0.545 bits per heavy atom. The zero-order chi connectivity index (χ0) is 17.6. The molecule has 6 N–H and O–H groups in total. The minimum absolute atomic E-state index is 0. The van der Waals surface area contributed by atoms with Crippen LogP contribution in [0.2, 0.25) is 0 Å². The second-order valence-corrected chi connectivity index (χ2v) is 4.28. The first-order chi connectivity index (χ1) is 9.38. The first kappa shape index (κ1) is 28.4. The van der Waals surface area contributed by atoms with Crippen LogP contribution in [0, 0.1) is 0 Å². The smallest absolute Gasteiger partial charge is 0.512 e. The summed E-state index contributed by atoms with van der Waals surface area (Å²) in [6.45, 7) is 9.00.